The Labute approximate surface area is 110 Å². The second kappa shape index (κ2) is 6.02. The first-order valence-corrected chi connectivity index (χ1v) is 7.25. The fourth-order valence-corrected chi connectivity index (χ4v) is 3.35. The first-order valence-electron chi connectivity index (χ1n) is 7.25. The van der Waals surface area contributed by atoms with Crippen molar-refractivity contribution in [3.05, 3.63) is 0 Å². The summed E-state index contributed by atoms with van der Waals surface area (Å²) in [5.41, 5.74) is 5.38. The molecule has 4 nitrogen and oxygen atoms in total. The maximum atomic E-state index is 12.5. The minimum atomic E-state index is 0.264. The molecule has 0 bridgehead atoms. The predicted octanol–water partition coefficient (Wildman–Crippen LogP) is 1.24. The van der Waals surface area contributed by atoms with Crippen molar-refractivity contribution in [3.8, 4) is 0 Å². The van der Waals surface area contributed by atoms with E-state index in [1.807, 2.05) is 4.90 Å². The summed E-state index contributed by atoms with van der Waals surface area (Å²) in [4.78, 5) is 14.5. The maximum absolute atomic E-state index is 12.5. The molecule has 2 unspecified atom stereocenters. The van der Waals surface area contributed by atoms with Crippen LogP contribution in [0.3, 0.4) is 0 Å². The maximum Gasteiger partial charge on any atom is 0.226 e. The standard InChI is InChI=1S/C14H26N2O2/c1-10(2)16(7-9-18-8-6-15)14(17)13-11-4-3-5-12(11)13/h10-13H,3-9,15H2,1-2H3. The monoisotopic (exact) mass is 254 g/mol. The third-order valence-electron chi connectivity index (χ3n) is 4.34. The summed E-state index contributed by atoms with van der Waals surface area (Å²) >= 11 is 0. The third kappa shape index (κ3) is 2.86. The molecule has 1 amide bonds. The summed E-state index contributed by atoms with van der Waals surface area (Å²) in [6.07, 6.45) is 3.84. The number of nitrogens with zero attached hydrogens (tertiary/aromatic N) is 1. The summed E-state index contributed by atoms with van der Waals surface area (Å²) in [6, 6.07) is 0.264. The van der Waals surface area contributed by atoms with E-state index in [1.54, 1.807) is 0 Å². The lowest BCUT2D eigenvalue weighted by atomic mass is 10.1. The molecule has 18 heavy (non-hydrogen) atoms. The molecule has 0 aromatic carbocycles. The van der Waals surface area contributed by atoms with Crippen LogP contribution < -0.4 is 5.73 Å². The summed E-state index contributed by atoms with van der Waals surface area (Å²) < 4.78 is 5.39. The molecule has 2 fully saturated rings. The molecule has 0 radical (unpaired) electrons. The van der Waals surface area contributed by atoms with Crippen LogP contribution in [0.1, 0.15) is 33.1 Å². The molecule has 0 aromatic rings. The van der Waals surface area contributed by atoms with Gasteiger partial charge < -0.3 is 15.4 Å². The normalized spacial score (nSPS) is 29.4. The summed E-state index contributed by atoms with van der Waals surface area (Å²) in [5, 5.41) is 0. The van der Waals surface area contributed by atoms with Crippen molar-refractivity contribution in [2.24, 2.45) is 23.5 Å². The van der Waals surface area contributed by atoms with Crippen LogP contribution in [0.2, 0.25) is 0 Å². The van der Waals surface area contributed by atoms with Crippen LogP contribution in [0, 0.1) is 17.8 Å². The first-order chi connectivity index (χ1) is 8.66. The van der Waals surface area contributed by atoms with E-state index >= 15 is 0 Å². The van der Waals surface area contributed by atoms with Crippen molar-refractivity contribution in [2.45, 2.75) is 39.2 Å². The Morgan fingerprint density at radius 2 is 2.00 bits per heavy atom. The zero-order chi connectivity index (χ0) is 13.1. The Morgan fingerprint density at radius 1 is 1.33 bits per heavy atom. The summed E-state index contributed by atoms with van der Waals surface area (Å²) in [7, 11) is 0. The van der Waals surface area contributed by atoms with Crippen LogP contribution in [0.5, 0.6) is 0 Å². The highest BCUT2D eigenvalue weighted by Gasteiger charge is 2.57. The molecular formula is C14H26N2O2. The molecule has 2 aliphatic rings. The van der Waals surface area contributed by atoms with Gasteiger partial charge in [-0.05, 0) is 38.5 Å². The second-order valence-corrected chi connectivity index (χ2v) is 5.81. The quantitative estimate of drug-likeness (QED) is 0.696. The number of fused-ring (bicyclic) bond motifs is 1. The first kappa shape index (κ1) is 13.8. The van der Waals surface area contributed by atoms with Crippen molar-refractivity contribution in [3.63, 3.8) is 0 Å². The Kier molecular flexibility index (Phi) is 4.62. The van der Waals surface area contributed by atoms with Crippen molar-refractivity contribution >= 4 is 5.91 Å². The molecule has 104 valence electrons. The molecule has 2 atom stereocenters. The van der Waals surface area contributed by atoms with Crippen molar-refractivity contribution in [1.82, 2.24) is 4.90 Å². The number of hydrogen-bond donors (Lipinski definition) is 1. The smallest absolute Gasteiger partial charge is 0.226 e. The van der Waals surface area contributed by atoms with E-state index in [-0.39, 0.29) is 6.04 Å². The Bertz CT molecular complexity index is 284. The minimum Gasteiger partial charge on any atom is -0.378 e. The molecule has 2 rings (SSSR count). The van der Waals surface area contributed by atoms with Crippen molar-refractivity contribution < 1.29 is 9.53 Å². The van der Waals surface area contributed by atoms with E-state index < -0.39 is 0 Å². The molecule has 0 spiro atoms. The van der Waals surface area contributed by atoms with E-state index in [9.17, 15) is 4.79 Å². The van der Waals surface area contributed by atoms with Gasteiger partial charge in [0, 0.05) is 25.0 Å². The number of hydrogen-bond acceptors (Lipinski definition) is 3. The van der Waals surface area contributed by atoms with Gasteiger partial charge in [0.25, 0.3) is 0 Å². The number of carbonyl (C=O) groups is 1. The highest BCUT2D eigenvalue weighted by molar-refractivity contribution is 5.82. The van der Waals surface area contributed by atoms with E-state index in [2.05, 4.69) is 13.8 Å². The van der Waals surface area contributed by atoms with Gasteiger partial charge in [0.1, 0.15) is 0 Å². The zero-order valence-corrected chi connectivity index (χ0v) is 11.6. The predicted molar refractivity (Wildman–Crippen MR) is 71.0 cm³/mol. The molecule has 2 saturated carbocycles. The van der Waals surface area contributed by atoms with Gasteiger partial charge >= 0.3 is 0 Å². The van der Waals surface area contributed by atoms with Crippen LogP contribution in [0.25, 0.3) is 0 Å². The van der Waals surface area contributed by atoms with Gasteiger partial charge in [-0.3, -0.25) is 4.79 Å². The molecule has 0 aliphatic heterocycles. The van der Waals surface area contributed by atoms with E-state index in [0.717, 1.165) is 0 Å². The molecule has 2 aliphatic carbocycles. The van der Waals surface area contributed by atoms with Gasteiger partial charge in [-0.25, -0.2) is 0 Å². The molecule has 0 aromatic heterocycles. The fraction of sp³-hybridized carbons (Fsp3) is 0.929. The van der Waals surface area contributed by atoms with Gasteiger partial charge in [0.2, 0.25) is 5.91 Å². The van der Waals surface area contributed by atoms with Crippen LogP contribution in [-0.4, -0.2) is 43.2 Å². The largest absolute Gasteiger partial charge is 0.378 e. The van der Waals surface area contributed by atoms with Crippen molar-refractivity contribution in [1.29, 1.82) is 0 Å². The Balaban J connectivity index is 1.80. The van der Waals surface area contributed by atoms with Gasteiger partial charge in [-0.2, -0.15) is 0 Å². The lowest BCUT2D eigenvalue weighted by Gasteiger charge is -2.27. The zero-order valence-electron chi connectivity index (χ0n) is 11.6. The minimum absolute atomic E-state index is 0.264. The van der Waals surface area contributed by atoms with Crippen LogP contribution in [-0.2, 0) is 9.53 Å². The van der Waals surface area contributed by atoms with E-state index in [1.165, 1.54) is 19.3 Å². The highest BCUT2D eigenvalue weighted by atomic mass is 16.5. The molecule has 2 N–H and O–H groups in total. The van der Waals surface area contributed by atoms with Gasteiger partial charge in [0.15, 0.2) is 0 Å². The molecule has 0 heterocycles. The molecule has 0 saturated heterocycles. The Hall–Kier alpha value is -0.610. The summed E-state index contributed by atoms with van der Waals surface area (Å²) in [6.45, 7) is 6.59. The number of carbonyl (C=O) groups excluding carboxylic acids is 1. The topological polar surface area (TPSA) is 55.6 Å². The van der Waals surface area contributed by atoms with Gasteiger partial charge in [-0.1, -0.05) is 6.42 Å². The van der Waals surface area contributed by atoms with Crippen molar-refractivity contribution in [2.75, 3.05) is 26.3 Å². The highest BCUT2D eigenvalue weighted by Crippen LogP contribution is 2.58. The van der Waals surface area contributed by atoms with Crippen LogP contribution >= 0.6 is 0 Å². The van der Waals surface area contributed by atoms with Crippen LogP contribution in [0.4, 0.5) is 0 Å². The van der Waals surface area contributed by atoms with E-state index in [4.69, 9.17) is 10.5 Å². The third-order valence-corrected chi connectivity index (χ3v) is 4.34. The lowest BCUT2D eigenvalue weighted by Crippen LogP contribution is -2.41. The number of amides is 1. The summed E-state index contributed by atoms with van der Waals surface area (Å²) in [5.74, 6) is 2.08. The fourth-order valence-electron chi connectivity index (χ4n) is 3.35. The van der Waals surface area contributed by atoms with Crippen LogP contribution in [0.15, 0.2) is 0 Å². The van der Waals surface area contributed by atoms with E-state index in [0.29, 0.717) is 50.0 Å². The number of ether oxygens (including phenoxy) is 1. The molecular weight excluding hydrogens is 228 g/mol. The second-order valence-electron chi connectivity index (χ2n) is 5.81. The lowest BCUT2D eigenvalue weighted by molar-refractivity contribution is -0.136. The average molecular weight is 254 g/mol. The molecule has 4 heteroatoms. The Morgan fingerprint density at radius 3 is 2.56 bits per heavy atom. The van der Waals surface area contributed by atoms with Gasteiger partial charge in [0.05, 0.1) is 13.2 Å². The average Bonchev–Trinajstić information content (AvgIpc) is 2.81. The number of nitrogens with two attached hydrogens (primary N) is 1. The van der Waals surface area contributed by atoms with Gasteiger partial charge in [-0.15, -0.1) is 0 Å². The number of rotatable bonds is 7. The SMILES string of the molecule is CC(C)N(CCOCCN)C(=O)C1C2CCCC21.